The van der Waals surface area contributed by atoms with E-state index < -0.39 is 5.60 Å². The van der Waals surface area contributed by atoms with Gasteiger partial charge < -0.3 is 14.4 Å². The number of carbonyl (C=O) groups is 2. The molecule has 0 N–H and O–H groups in total. The fourth-order valence-corrected chi connectivity index (χ4v) is 4.72. The molecule has 132 valence electrons. The van der Waals surface area contributed by atoms with Crippen LogP contribution in [0.3, 0.4) is 0 Å². The number of fused-ring (bicyclic) bond motifs is 2. The standard InChI is InChI=1S/C18H25NO4S/c1-12-10-18(6-7-19(12)16(21)23-17(2,3)4)14-9-13(11-20)24-15(14)5-8-22-18/h9,11-12H,5-8,10H2,1-4H3/t12-,18+/m0/s1. The average molecular weight is 351 g/mol. The van der Waals surface area contributed by atoms with Crippen LogP contribution in [0, 0.1) is 0 Å². The smallest absolute Gasteiger partial charge is 0.410 e. The Bertz CT molecular complexity index is 648. The molecule has 0 aliphatic carbocycles. The largest absolute Gasteiger partial charge is 0.444 e. The second kappa shape index (κ2) is 6.15. The Morgan fingerprint density at radius 2 is 2.25 bits per heavy atom. The van der Waals surface area contributed by atoms with Crippen molar-refractivity contribution in [1.29, 1.82) is 0 Å². The number of hydrogen-bond acceptors (Lipinski definition) is 5. The molecule has 1 aromatic heterocycles. The van der Waals surface area contributed by atoms with Crippen LogP contribution < -0.4 is 0 Å². The number of carbonyl (C=O) groups excluding carboxylic acids is 2. The quantitative estimate of drug-likeness (QED) is 0.723. The summed E-state index contributed by atoms with van der Waals surface area (Å²) in [5, 5.41) is 0. The number of thiophene rings is 1. The Balaban J connectivity index is 1.80. The van der Waals surface area contributed by atoms with E-state index >= 15 is 0 Å². The number of ether oxygens (including phenoxy) is 2. The molecule has 3 rings (SSSR count). The van der Waals surface area contributed by atoms with Crippen molar-refractivity contribution < 1.29 is 19.1 Å². The number of nitrogens with zero attached hydrogens (tertiary/aromatic N) is 1. The monoisotopic (exact) mass is 351 g/mol. The fraction of sp³-hybridized carbons (Fsp3) is 0.667. The molecule has 5 nitrogen and oxygen atoms in total. The van der Waals surface area contributed by atoms with E-state index in [-0.39, 0.29) is 17.7 Å². The van der Waals surface area contributed by atoms with Gasteiger partial charge in [0.2, 0.25) is 0 Å². The molecular weight excluding hydrogens is 326 g/mol. The van der Waals surface area contributed by atoms with Crippen LogP contribution in [0.15, 0.2) is 6.07 Å². The molecule has 1 amide bonds. The van der Waals surface area contributed by atoms with E-state index in [2.05, 4.69) is 0 Å². The van der Waals surface area contributed by atoms with Crippen LogP contribution in [0.5, 0.6) is 0 Å². The van der Waals surface area contributed by atoms with Gasteiger partial charge in [-0.05, 0) is 45.7 Å². The summed E-state index contributed by atoms with van der Waals surface area (Å²) in [6, 6.07) is 2.00. The highest BCUT2D eigenvalue weighted by Crippen LogP contribution is 2.46. The molecule has 3 heterocycles. The van der Waals surface area contributed by atoms with Crippen LogP contribution in [-0.4, -0.2) is 42.1 Å². The molecule has 2 aliphatic rings. The van der Waals surface area contributed by atoms with Gasteiger partial charge in [-0.25, -0.2) is 4.79 Å². The number of amides is 1. The Morgan fingerprint density at radius 1 is 1.50 bits per heavy atom. The molecule has 0 aromatic carbocycles. The molecule has 1 fully saturated rings. The van der Waals surface area contributed by atoms with Gasteiger partial charge in [0.05, 0.1) is 17.1 Å². The minimum Gasteiger partial charge on any atom is -0.444 e. The van der Waals surface area contributed by atoms with Gasteiger partial charge in [-0.1, -0.05) is 0 Å². The molecule has 0 radical (unpaired) electrons. The third-order valence-corrected chi connectivity index (χ3v) is 5.80. The highest BCUT2D eigenvalue weighted by molar-refractivity contribution is 7.13. The Hall–Kier alpha value is -1.40. The van der Waals surface area contributed by atoms with Crippen molar-refractivity contribution in [2.45, 2.75) is 64.2 Å². The first-order valence-electron chi connectivity index (χ1n) is 8.46. The normalized spacial score (nSPS) is 27.0. The Morgan fingerprint density at radius 3 is 2.88 bits per heavy atom. The van der Waals surface area contributed by atoms with Crippen LogP contribution in [-0.2, 0) is 21.5 Å². The highest BCUT2D eigenvalue weighted by atomic mass is 32.1. The maximum atomic E-state index is 12.4. The first-order chi connectivity index (χ1) is 11.2. The molecule has 0 bridgehead atoms. The van der Waals surface area contributed by atoms with Gasteiger partial charge in [-0.15, -0.1) is 11.3 Å². The summed E-state index contributed by atoms with van der Waals surface area (Å²) in [7, 11) is 0. The third-order valence-electron chi connectivity index (χ3n) is 4.68. The predicted molar refractivity (Wildman–Crippen MR) is 92.7 cm³/mol. The molecule has 0 unspecified atom stereocenters. The zero-order chi connectivity index (χ0) is 17.5. The zero-order valence-electron chi connectivity index (χ0n) is 14.8. The lowest BCUT2D eigenvalue weighted by Crippen LogP contribution is -2.53. The number of piperidine rings is 1. The molecule has 1 saturated heterocycles. The van der Waals surface area contributed by atoms with Crippen LogP contribution in [0.4, 0.5) is 4.79 Å². The van der Waals surface area contributed by atoms with E-state index in [9.17, 15) is 9.59 Å². The predicted octanol–water partition coefficient (Wildman–Crippen LogP) is 3.75. The van der Waals surface area contributed by atoms with Crippen molar-refractivity contribution >= 4 is 23.7 Å². The first-order valence-corrected chi connectivity index (χ1v) is 9.28. The van der Waals surface area contributed by atoms with E-state index in [0.29, 0.717) is 13.2 Å². The van der Waals surface area contributed by atoms with Crippen molar-refractivity contribution in [2.75, 3.05) is 13.2 Å². The summed E-state index contributed by atoms with van der Waals surface area (Å²) in [6.45, 7) is 8.94. The number of hydrogen-bond donors (Lipinski definition) is 0. The highest BCUT2D eigenvalue weighted by Gasteiger charge is 2.46. The minimum absolute atomic E-state index is 0.0270. The lowest BCUT2D eigenvalue weighted by atomic mass is 9.79. The van der Waals surface area contributed by atoms with Crippen molar-refractivity contribution in [2.24, 2.45) is 0 Å². The van der Waals surface area contributed by atoms with E-state index in [1.165, 1.54) is 4.88 Å². The van der Waals surface area contributed by atoms with Gasteiger partial charge in [0.1, 0.15) is 5.60 Å². The SMILES string of the molecule is C[C@H]1C[C@@]2(CCN1C(=O)OC(C)(C)C)OCCc1sc(C=O)cc12. The van der Waals surface area contributed by atoms with Crippen LogP contribution in [0.1, 0.15) is 60.6 Å². The number of rotatable bonds is 1. The number of aldehydes is 1. The van der Waals surface area contributed by atoms with E-state index in [0.717, 1.165) is 36.0 Å². The fourth-order valence-electron chi connectivity index (χ4n) is 3.67. The summed E-state index contributed by atoms with van der Waals surface area (Å²) in [5.74, 6) is 0. The van der Waals surface area contributed by atoms with E-state index in [4.69, 9.17) is 9.47 Å². The molecule has 2 aliphatic heterocycles. The maximum Gasteiger partial charge on any atom is 0.410 e. The topological polar surface area (TPSA) is 55.8 Å². The van der Waals surface area contributed by atoms with Gasteiger partial charge in [0.15, 0.2) is 6.29 Å². The summed E-state index contributed by atoms with van der Waals surface area (Å²) in [5.41, 5.74) is 0.284. The van der Waals surface area contributed by atoms with Gasteiger partial charge in [0, 0.05) is 30.3 Å². The molecule has 1 aromatic rings. The summed E-state index contributed by atoms with van der Waals surface area (Å²) < 4.78 is 11.7. The van der Waals surface area contributed by atoms with Gasteiger partial charge >= 0.3 is 6.09 Å². The van der Waals surface area contributed by atoms with Gasteiger partial charge in [0.25, 0.3) is 0 Å². The second-order valence-corrected chi connectivity index (χ2v) is 8.84. The average Bonchev–Trinajstić information content (AvgIpc) is 2.90. The van der Waals surface area contributed by atoms with Crippen molar-refractivity contribution in [3.8, 4) is 0 Å². The third kappa shape index (κ3) is 3.22. The Kier molecular flexibility index (Phi) is 4.47. The molecular formula is C18H25NO4S. The maximum absolute atomic E-state index is 12.4. The summed E-state index contributed by atoms with van der Waals surface area (Å²) >= 11 is 1.57. The molecule has 24 heavy (non-hydrogen) atoms. The zero-order valence-corrected chi connectivity index (χ0v) is 15.6. The summed E-state index contributed by atoms with van der Waals surface area (Å²) in [6.07, 6.45) is 2.97. The van der Waals surface area contributed by atoms with Gasteiger partial charge in [-0.3, -0.25) is 4.79 Å². The van der Waals surface area contributed by atoms with Crippen LogP contribution in [0.25, 0.3) is 0 Å². The lowest BCUT2D eigenvalue weighted by Gasteiger charge is -2.47. The Labute approximate surface area is 146 Å². The van der Waals surface area contributed by atoms with Crippen molar-refractivity contribution in [1.82, 2.24) is 4.90 Å². The second-order valence-electron chi connectivity index (χ2n) is 7.67. The van der Waals surface area contributed by atoms with E-state index in [1.54, 1.807) is 16.2 Å². The van der Waals surface area contributed by atoms with Gasteiger partial charge in [-0.2, -0.15) is 0 Å². The van der Waals surface area contributed by atoms with Crippen LogP contribution in [0.2, 0.25) is 0 Å². The minimum atomic E-state index is -0.493. The van der Waals surface area contributed by atoms with Crippen LogP contribution >= 0.6 is 11.3 Å². The molecule has 2 atom stereocenters. The van der Waals surface area contributed by atoms with Crippen molar-refractivity contribution in [3.05, 3.63) is 21.4 Å². The lowest BCUT2D eigenvalue weighted by molar-refractivity contribution is -0.110. The van der Waals surface area contributed by atoms with E-state index in [1.807, 2.05) is 33.8 Å². The summed E-state index contributed by atoms with van der Waals surface area (Å²) in [4.78, 5) is 27.3. The van der Waals surface area contributed by atoms with Crippen molar-refractivity contribution in [3.63, 3.8) is 0 Å². The molecule has 0 saturated carbocycles. The molecule has 6 heteroatoms. The molecule has 1 spiro atoms. The number of likely N-dealkylation sites (tertiary alicyclic amines) is 1. The first kappa shape index (κ1) is 17.4.